The molecule has 0 bridgehead atoms. The Balaban J connectivity index is 1.40. The average molecular weight is 426 g/mol. The number of likely N-dealkylation sites (tertiary alicyclic amines) is 1. The van der Waals surface area contributed by atoms with Gasteiger partial charge in [-0.2, -0.15) is 5.26 Å². The standard InChI is InChI=1S/C24H31N3O4/c1-4-24-10-9-17(6-7-18(24)20(24)21(28)29)27-13-16(23(2,3)22(27)30)14-31-19-8-5-15(11-25)12-26-19/h5,8,12,16-18,20H,4,6-7,9-10,13-14H2,1-3H3,(H,28,29)/t16?,17?,18-,20?,24+/m0/s1. The van der Waals surface area contributed by atoms with Crippen LogP contribution in [0, 0.1) is 39.9 Å². The van der Waals surface area contributed by atoms with Gasteiger partial charge >= 0.3 is 5.97 Å². The van der Waals surface area contributed by atoms with Crippen molar-refractivity contribution in [2.45, 2.75) is 58.9 Å². The second-order valence-corrected chi connectivity index (χ2v) is 9.96. The van der Waals surface area contributed by atoms with Gasteiger partial charge in [0.2, 0.25) is 11.8 Å². The van der Waals surface area contributed by atoms with E-state index in [4.69, 9.17) is 10.00 Å². The summed E-state index contributed by atoms with van der Waals surface area (Å²) >= 11 is 0. The number of aliphatic carboxylic acids is 1. The summed E-state index contributed by atoms with van der Waals surface area (Å²) in [7, 11) is 0. The molecule has 3 unspecified atom stereocenters. The Labute approximate surface area is 183 Å². The van der Waals surface area contributed by atoms with E-state index in [1.165, 1.54) is 6.20 Å². The summed E-state index contributed by atoms with van der Waals surface area (Å²) in [5, 5.41) is 18.5. The maximum Gasteiger partial charge on any atom is 0.307 e. The maximum atomic E-state index is 13.3. The third-order valence-corrected chi connectivity index (χ3v) is 8.32. The topological polar surface area (TPSA) is 104 Å². The van der Waals surface area contributed by atoms with Gasteiger partial charge in [-0.05, 0) is 49.5 Å². The average Bonchev–Trinajstić information content (AvgIpc) is 3.39. The highest BCUT2D eigenvalue weighted by Crippen LogP contribution is 2.67. The minimum Gasteiger partial charge on any atom is -0.481 e. The minimum absolute atomic E-state index is 0.0436. The molecule has 3 aliphatic rings. The Kier molecular flexibility index (Phi) is 5.45. The molecule has 7 heteroatoms. The lowest BCUT2D eigenvalue weighted by Crippen LogP contribution is -2.39. The number of carbonyl (C=O) groups excluding carboxylic acids is 1. The van der Waals surface area contributed by atoms with E-state index in [1.807, 2.05) is 24.8 Å². The number of ether oxygens (including phenoxy) is 1. The van der Waals surface area contributed by atoms with Crippen molar-refractivity contribution in [2.24, 2.45) is 28.6 Å². The van der Waals surface area contributed by atoms with E-state index in [0.717, 1.165) is 32.1 Å². The van der Waals surface area contributed by atoms with E-state index in [-0.39, 0.29) is 35.1 Å². The van der Waals surface area contributed by atoms with E-state index in [0.29, 0.717) is 24.6 Å². The number of amides is 1. The third-order valence-electron chi connectivity index (χ3n) is 8.32. The molecule has 1 amide bonds. The molecule has 7 nitrogen and oxygen atoms in total. The summed E-state index contributed by atoms with van der Waals surface area (Å²) in [6, 6.07) is 5.57. The first kappa shape index (κ1) is 21.6. The molecule has 2 heterocycles. The quantitative estimate of drug-likeness (QED) is 0.748. The van der Waals surface area contributed by atoms with Crippen molar-refractivity contribution in [1.29, 1.82) is 5.26 Å². The summed E-state index contributed by atoms with van der Waals surface area (Å²) < 4.78 is 5.87. The van der Waals surface area contributed by atoms with E-state index in [1.54, 1.807) is 12.1 Å². The van der Waals surface area contributed by atoms with Crippen LogP contribution < -0.4 is 4.74 Å². The molecule has 0 spiro atoms. The number of carboxylic acids is 1. The van der Waals surface area contributed by atoms with Crippen LogP contribution in [0.25, 0.3) is 0 Å². The van der Waals surface area contributed by atoms with E-state index >= 15 is 0 Å². The van der Waals surface area contributed by atoms with Crippen LogP contribution in [0.5, 0.6) is 5.88 Å². The Morgan fingerprint density at radius 1 is 1.35 bits per heavy atom. The highest BCUT2D eigenvalue weighted by Gasteiger charge is 2.67. The molecule has 1 aromatic rings. The predicted molar refractivity (Wildman–Crippen MR) is 113 cm³/mol. The first-order valence-electron chi connectivity index (χ1n) is 11.3. The normalized spacial score (nSPS) is 33.9. The Hall–Kier alpha value is -2.62. The monoisotopic (exact) mass is 425 g/mol. The zero-order valence-electron chi connectivity index (χ0n) is 18.5. The first-order chi connectivity index (χ1) is 14.7. The molecular formula is C24H31N3O4. The molecule has 0 aromatic carbocycles. The molecular weight excluding hydrogens is 394 g/mol. The first-order valence-corrected chi connectivity index (χ1v) is 11.3. The largest absolute Gasteiger partial charge is 0.481 e. The van der Waals surface area contributed by atoms with Gasteiger partial charge in [-0.25, -0.2) is 4.98 Å². The predicted octanol–water partition coefficient (Wildman–Crippen LogP) is 3.49. The summed E-state index contributed by atoms with van der Waals surface area (Å²) in [5.74, 6) is 0.0617. The Bertz CT molecular complexity index is 906. The smallest absolute Gasteiger partial charge is 0.307 e. The molecule has 3 fully saturated rings. The number of nitrogens with zero attached hydrogens (tertiary/aromatic N) is 3. The molecule has 1 N–H and O–H groups in total. The third kappa shape index (κ3) is 3.56. The molecule has 4 rings (SSSR count). The Morgan fingerprint density at radius 3 is 2.74 bits per heavy atom. The molecule has 0 radical (unpaired) electrons. The van der Waals surface area contributed by atoms with Crippen molar-refractivity contribution in [1.82, 2.24) is 9.88 Å². The van der Waals surface area contributed by atoms with Gasteiger partial charge in [0.05, 0.1) is 23.5 Å². The van der Waals surface area contributed by atoms with Crippen LogP contribution in [0.2, 0.25) is 0 Å². The van der Waals surface area contributed by atoms with Crippen molar-refractivity contribution < 1.29 is 19.4 Å². The summed E-state index contributed by atoms with van der Waals surface area (Å²) in [5.41, 5.74) is -0.104. The number of hydrogen-bond donors (Lipinski definition) is 1. The second kappa shape index (κ2) is 7.81. The lowest BCUT2D eigenvalue weighted by Gasteiger charge is -2.29. The van der Waals surface area contributed by atoms with Gasteiger partial charge in [-0.15, -0.1) is 0 Å². The van der Waals surface area contributed by atoms with Crippen molar-refractivity contribution in [3.63, 3.8) is 0 Å². The van der Waals surface area contributed by atoms with Crippen molar-refractivity contribution in [3.05, 3.63) is 23.9 Å². The number of pyridine rings is 1. The van der Waals surface area contributed by atoms with Gasteiger partial charge in [0.25, 0.3) is 0 Å². The van der Waals surface area contributed by atoms with Gasteiger partial charge in [0.1, 0.15) is 6.07 Å². The molecule has 1 aliphatic heterocycles. The van der Waals surface area contributed by atoms with Gasteiger partial charge in [-0.1, -0.05) is 20.8 Å². The number of hydrogen-bond acceptors (Lipinski definition) is 5. The molecule has 2 aliphatic carbocycles. The van der Waals surface area contributed by atoms with E-state index in [9.17, 15) is 14.7 Å². The maximum absolute atomic E-state index is 13.3. The summed E-state index contributed by atoms with van der Waals surface area (Å²) in [6.45, 7) is 7.11. The van der Waals surface area contributed by atoms with Gasteiger partial charge in [0.15, 0.2) is 0 Å². The molecule has 31 heavy (non-hydrogen) atoms. The van der Waals surface area contributed by atoms with Crippen molar-refractivity contribution in [2.75, 3.05) is 13.2 Å². The number of aromatic nitrogens is 1. The van der Waals surface area contributed by atoms with Crippen LogP contribution in [-0.4, -0.2) is 46.1 Å². The fraction of sp³-hybridized carbons (Fsp3) is 0.667. The second-order valence-electron chi connectivity index (χ2n) is 9.96. The zero-order chi connectivity index (χ0) is 22.4. The number of fused-ring (bicyclic) bond motifs is 1. The highest BCUT2D eigenvalue weighted by atomic mass is 16.5. The van der Waals surface area contributed by atoms with Gasteiger partial charge in [-0.3, -0.25) is 9.59 Å². The van der Waals surface area contributed by atoms with Gasteiger partial charge in [0, 0.05) is 30.8 Å². The van der Waals surface area contributed by atoms with Gasteiger partial charge < -0.3 is 14.7 Å². The SMILES string of the molecule is CC[C@@]12CCC(N3CC(COc4ccc(C#N)cn4)C(C)(C)C3=O)CC[C@H]1C2C(=O)O. The van der Waals surface area contributed by atoms with Crippen LogP contribution in [0.1, 0.15) is 58.4 Å². The van der Waals surface area contributed by atoms with E-state index in [2.05, 4.69) is 11.9 Å². The summed E-state index contributed by atoms with van der Waals surface area (Å²) in [6.07, 6.45) is 5.90. The lowest BCUT2D eigenvalue weighted by molar-refractivity contribution is -0.140. The Morgan fingerprint density at radius 2 is 2.13 bits per heavy atom. The van der Waals surface area contributed by atoms with Crippen molar-refractivity contribution >= 4 is 11.9 Å². The number of nitriles is 1. The number of rotatable bonds is 6. The fourth-order valence-corrected chi connectivity index (χ4v) is 6.10. The van der Waals surface area contributed by atoms with Crippen LogP contribution in [-0.2, 0) is 9.59 Å². The number of carbonyl (C=O) groups is 2. The zero-order valence-corrected chi connectivity index (χ0v) is 18.5. The number of carboxylic acid groups (broad SMARTS) is 1. The lowest BCUT2D eigenvalue weighted by atomic mass is 9.82. The minimum atomic E-state index is -0.655. The van der Waals surface area contributed by atoms with Crippen LogP contribution in [0.15, 0.2) is 18.3 Å². The molecule has 1 saturated heterocycles. The highest BCUT2D eigenvalue weighted by molar-refractivity contribution is 5.85. The molecule has 1 aromatic heterocycles. The van der Waals surface area contributed by atoms with Crippen LogP contribution >= 0.6 is 0 Å². The van der Waals surface area contributed by atoms with Crippen molar-refractivity contribution in [3.8, 4) is 11.9 Å². The van der Waals surface area contributed by atoms with Crippen LogP contribution in [0.4, 0.5) is 0 Å². The fourth-order valence-electron chi connectivity index (χ4n) is 6.10. The summed E-state index contributed by atoms with van der Waals surface area (Å²) in [4.78, 5) is 31.1. The van der Waals surface area contributed by atoms with E-state index < -0.39 is 11.4 Å². The molecule has 5 atom stereocenters. The molecule has 166 valence electrons. The van der Waals surface area contributed by atoms with Crippen LogP contribution in [0.3, 0.4) is 0 Å². The molecule has 2 saturated carbocycles.